The molecule has 76 valence electrons. The van der Waals surface area contributed by atoms with Crippen LogP contribution in [-0.2, 0) is 0 Å². The molecule has 2 rings (SSSR count). The molecule has 0 amide bonds. The summed E-state index contributed by atoms with van der Waals surface area (Å²) < 4.78 is 0. The third-order valence-corrected chi connectivity index (χ3v) is 5.26. The van der Waals surface area contributed by atoms with Gasteiger partial charge in [-0.3, -0.25) is 0 Å². The lowest BCUT2D eigenvalue weighted by Crippen LogP contribution is -2.31. The van der Waals surface area contributed by atoms with Crippen LogP contribution >= 0.6 is 11.8 Å². The van der Waals surface area contributed by atoms with Gasteiger partial charge in [0, 0.05) is 16.5 Å². The van der Waals surface area contributed by atoms with Crippen LogP contribution in [0.15, 0.2) is 0 Å². The molecular formula is C11H21NS. The summed E-state index contributed by atoms with van der Waals surface area (Å²) in [5.41, 5.74) is 0. The third-order valence-electron chi connectivity index (χ3n) is 3.49. The molecule has 0 heterocycles. The molecule has 1 N–H and O–H groups in total. The highest BCUT2D eigenvalue weighted by Gasteiger charge is 2.29. The monoisotopic (exact) mass is 199 g/mol. The van der Waals surface area contributed by atoms with Gasteiger partial charge in [0.2, 0.25) is 0 Å². The molecular weight excluding hydrogens is 178 g/mol. The maximum Gasteiger partial charge on any atom is 0.0203 e. The van der Waals surface area contributed by atoms with Crippen molar-refractivity contribution in [2.75, 3.05) is 7.05 Å². The fraction of sp³-hybridized carbons (Fsp3) is 1.00. The van der Waals surface area contributed by atoms with Crippen LogP contribution < -0.4 is 5.32 Å². The van der Waals surface area contributed by atoms with Crippen LogP contribution in [0, 0.1) is 0 Å². The first-order valence-corrected chi connectivity index (χ1v) is 6.67. The van der Waals surface area contributed by atoms with E-state index >= 15 is 0 Å². The molecule has 2 saturated carbocycles. The molecule has 2 fully saturated rings. The SMILES string of the molecule is CNC1CCCC1SC1CCCC1. The highest BCUT2D eigenvalue weighted by Crippen LogP contribution is 2.38. The van der Waals surface area contributed by atoms with E-state index in [0.29, 0.717) is 0 Å². The number of thioether (sulfide) groups is 1. The summed E-state index contributed by atoms with van der Waals surface area (Å²) in [5.74, 6) is 0. The first-order chi connectivity index (χ1) is 6.40. The predicted octanol–water partition coefficient (Wildman–Crippen LogP) is 2.80. The summed E-state index contributed by atoms with van der Waals surface area (Å²) in [6, 6.07) is 0.811. The molecule has 13 heavy (non-hydrogen) atoms. The highest BCUT2D eigenvalue weighted by molar-refractivity contribution is 8.00. The molecule has 2 atom stereocenters. The molecule has 0 aromatic rings. The third kappa shape index (κ3) is 2.41. The van der Waals surface area contributed by atoms with E-state index in [1.807, 2.05) is 0 Å². The zero-order chi connectivity index (χ0) is 9.10. The topological polar surface area (TPSA) is 12.0 Å². The molecule has 0 bridgehead atoms. The Hall–Kier alpha value is 0.310. The molecule has 0 saturated heterocycles. The van der Waals surface area contributed by atoms with E-state index < -0.39 is 0 Å². The molecule has 0 spiro atoms. The molecule has 2 unspecified atom stereocenters. The van der Waals surface area contributed by atoms with E-state index in [1.54, 1.807) is 0 Å². The first-order valence-electron chi connectivity index (χ1n) is 5.73. The molecule has 2 aliphatic carbocycles. The molecule has 0 aromatic heterocycles. The summed E-state index contributed by atoms with van der Waals surface area (Å²) in [4.78, 5) is 0. The second kappa shape index (κ2) is 4.70. The van der Waals surface area contributed by atoms with Crippen LogP contribution in [0.5, 0.6) is 0 Å². The van der Waals surface area contributed by atoms with E-state index in [-0.39, 0.29) is 0 Å². The van der Waals surface area contributed by atoms with Gasteiger partial charge in [0.25, 0.3) is 0 Å². The van der Waals surface area contributed by atoms with Crippen molar-refractivity contribution in [1.82, 2.24) is 5.32 Å². The second-order valence-electron chi connectivity index (χ2n) is 4.41. The first kappa shape index (κ1) is 9.85. The average molecular weight is 199 g/mol. The smallest absolute Gasteiger partial charge is 0.0203 e. The Balaban J connectivity index is 1.79. The quantitative estimate of drug-likeness (QED) is 0.750. The van der Waals surface area contributed by atoms with E-state index in [0.717, 1.165) is 16.5 Å². The van der Waals surface area contributed by atoms with Crippen LogP contribution in [0.1, 0.15) is 44.9 Å². The van der Waals surface area contributed by atoms with Crippen molar-refractivity contribution in [3.05, 3.63) is 0 Å². The van der Waals surface area contributed by atoms with Crippen LogP contribution in [-0.4, -0.2) is 23.6 Å². The predicted molar refractivity (Wildman–Crippen MR) is 60.3 cm³/mol. The Morgan fingerprint density at radius 2 is 1.77 bits per heavy atom. The summed E-state index contributed by atoms with van der Waals surface area (Å²) in [6.07, 6.45) is 10.2. The second-order valence-corrected chi connectivity index (χ2v) is 5.95. The Kier molecular flexibility index (Phi) is 3.56. The van der Waals surface area contributed by atoms with Gasteiger partial charge in [-0.15, -0.1) is 0 Å². The van der Waals surface area contributed by atoms with Gasteiger partial charge in [-0.2, -0.15) is 11.8 Å². The number of hydrogen-bond acceptors (Lipinski definition) is 2. The minimum atomic E-state index is 0.811. The number of hydrogen-bond donors (Lipinski definition) is 1. The van der Waals surface area contributed by atoms with E-state index in [4.69, 9.17) is 0 Å². The number of nitrogens with one attached hydrogen (secondary N) is 1. The molecule has 0 aliphatic heterocycles. The van der Waals surface area contributed by atoms with Gasteiger partial charge in [-0.1, -0.05) is 19.3 Å². The van der Waals surface area contributed by atoms with E-state index in [1.165, 1.54) is 44.9 Å². The minimum absolute atomic E-state index is 0.811. The Morgan fingerprint density at radius 1 is 1.00 bits per heavy atom. The van der Waals surface area contributed by atoms with Crippen molar-refractivity contribution < 1.29 is 0 Å². The lowest BCUT2D eigenvalue weighted by atomic mass is 10.2. The van der Waals surface area contributed by atoms with Gasteiger partial charge in [0.05, 0.1) is 0 Å². The molecule has 1 nitrogen and oxygen atoms in total. The van der Waals surface area contributed by atoms with Gasteiger partial charge in [0.1, 0.15) is 0 Å². The fourth-order valence-electron chi connectivity index (χ4n) is 2.69. The molecule has 0 radical (unpaired) electrons. The van der Waals surface area contributed by atoms with Gasteiger partial charge < -0.3 is 5.32 Å². The van der Waals surface area contributed by atoms with Gasteiger partial charge >= 0.3 is 0 Å². The standard InChI is InChI=1S/C11H21NS/c1-12-10-7-4-8-11(10)13-9-5-2-3-6-9/h9-12H,2-8H2,1H3. The van der Waals surface area contributed by atoms with E-state index in [2.05, 4.69) is 24.1 Å². The Labute approximate surface area is 86.0 Å². The van der Waals surface area contributed by atoms with Crippen LogP contribution in [0.3, 0.4) is 0 Å². The zero-order valence-corrected chi connectivity index (χ0v) is 9.41. The van der Waals surface area contributed by atoms with Gasteiger partial charge in [0.15, 0.2) is 0 Å². The molecule has 0 aromatic carbocycles. The van der Waals surface area contributed by atoms with Crippen molar-refractivity contribution in [2.24, 2.45) is 0 Å². The summed E-state index contributed by atoms with van der Waals surface area (Å²) in [5, 5.41) is 5.39. The summed E-state index contributed by atoms with van der Waals surface area (Å²) in [7, 11) is 2.12. The van der Waals surface area contributed by atoms with E-state index in [9.17, 15) is 0 Å². The largest absolute Gasteiger partial charge is 0.316 e. The minimum Gasteiger partial charge on any atom is -0.316 e. The Bertz CT molecular complexity index is 154. The molecule has 2 heteroatoms. The van der Waals surface area contributed by atoms with Crippen molar-refractivity contribution in [3.8, 4) is 0 Å². The van der Waals surface area contributed by atoms with Crippen LogP contribution in [0.2, 0.25) is 0 Å². The van der Waals surface area contributed by atoms with Gasteiger partial charge in [-0.25, -0.2) is 0 Å². The highest BCUT2D eigenvalue weighted by atomic mass is 32.2. The summed E-state index contributed by atoms with van der Waals surface area (Å²) >= 11 is 2.28. The normalized spacial score (nSPS) is 35.8. The van der Waals surface area contributed by atoms with Crippen molar-refractivity contribution in [3.63, 3.8) is 0 Å². The summed E-state index contributed by atoms with van der Waals surface area (Å²) in [6.45, 7) is 0. The van der Waals surface area contributed by atoms with Crippen LogP contribution in [0.4, 0.5) is 0 Å². The maximum atomic E-state index is 3.47. The molecule has 2 aliphatic rings. The van der Waals surface area contributed by atoms with Gasteiger partial charge in [-0.05, 0) is 32.7 Å². The fourth-order valence-corrected chi connectivity index (χ4v) is 4.56. The zero-order valence-electron chi connectivity index (χ0n) is 8.59. The lowest BCUT2D eigenvalue weighted by Gasteiger charge is -2.21. The van der Waals surface area contributed by atoms with Crippen molar-refractivity contribution in [2.45, 2.75) is 61.5 Å². The van der Waals surface area contributed by atoms with Crippen LogP contribution in [0.25, 0.3) is 0 Å². The number of rotatable bonds is 3. The average Bonchev–Trinajstić information content (AvgIpc) is 2.76. The Morgan fingerprint density at radius 3 is 2.46 bits per heavy atom. The van der Waals surface area contributed by atoms with Crippen molar-refractivity contribution in [1.29, 1.82) is 0 Å². The van der Waals surface area contributed by atoms with Crippen molar-refractivity contribution >= 4 is 11.8 Å². The lowest BCUT2D eigenvalue weighted by molar-refractivity contribution is 0.590. The maximum absolute atomic E-state index is 3.47.